The van der Waals surface area contributed by atoms with Crippen molar-refractivity contribution in [2.75, 3.05) is 13.1 Å². The number of carbonyl (C=O) groups is 1. The number of rotatable bonds is 7. The first kappa shape index (κ1) is 13.9. The first-order chi connectivity index (χ1) is 7.08. The highest BCUT2D eigenvalue weighted by Gasteiger charge is 2.19. The lowest BCUT2D eigenvalue weighted by atomic mass is 9.96. The summed E-state index contributed by atoms with van der Waals surface area (Å²) in [5.74, 6) is -0.0432. The van der Waals surface area contributed by atoms with Crippen molar-refractivity contribution >= 4 is 5.91 Å². The fourth-order valence-electron chi connectivity index (χ4n) is 1.11. The van der Waals surface area contributed by atoms with Crippen LogP contribution in [-0.4, -0.2) is 24.5 Å². The van der Waals surface area contributed by atoms with Gasteiger partial charge in [-0.2, -0.15) is 5.26 Å². The molecule has 4 heteroatoms. The Morgan fingerprint density at radius 1 is 1.40 bits per heavy atom. The number of hydrogen-bond acceptors (Lipinski definition) is 3. The van der Waals surface area contributed by atoms with E-state index >= 15 is 0 Å². The van der Waals surface area contributed by atoms with Crippen LogP contribution in [0.25, 0.3) is 0 Å². The van der Waals surface area contributed by atoms with Gasteiger partial charge >= 0.3 is 0 Å². The fourth-order valence-corrected chi connectivity index (χ4v) is 1.11. The molecule has 0 rings (SSSR count). The van der Waals surface area contributed by atoms with E-state index in [-0.39, 0.29) is 11.4 Å². The average molecular weight is 211 g/mol. The zero-order valence-electron chi connectivity index (χ0n) is 9.89. The number of amides is 1. The van der Waals surface area contributed by atoms with E-state index < -0.39 is 0 Å². The summed E-state index contributed by atoms with van der Waals surface area (Å²) >= 11 is 0. The van der Waals surface area contributed by atoms with Gasteiger partial charge in [0.05, 0.1) is 19.0 Å². The average Bonchev–Trinajstić information content (AvgIpc) is 2.26. The SMILES string of the molecule is CCC(C)(CC)NCC(=O)NCCC#N. The fraction of sp³-hybridized carbons (Fsp3) is 0.818. The molecule has 0 aliphatic carbocycles. The molecule has 0 fully saturated rings. The van der Waals surface area contributed by atoms with Crippen LogP contribution in [0.4, 0.5) is 0 Å². The summed E-state index contributed by atoms with van der Waals surface area (Å²) in [5, 5.41) is 14.2. The van der Waals surface area contributed by atoms with Crippen molar-refractivity contribution in [3.63, 3.8) is 0 Å². The summed E-state index contributed by atoms with van der Waals surface area (Å²) < 4.78 is 0. The van der Waals surface area contributed by atoms with Gasteiger partial charge in [0.25, 0.3) is 0 Å². The van der Waals surface area contributed by atoms with Crippen LogP contribution in [0.15, 0.2) is 0 Å². The molecule has 4 nitrogen and oxygen atoms in total. The zero-order chi connectivity index (χ0) is 11.7. The van der Waals surface area contributed by atoms with Crippen LogP contribution in [-0.2, 0) is 4.79 Å². The minimum absolute atomic E-state index is 0.0343. The second-order valence-electron chi connectivity index (χ2n) is 3.88. The van der Waals surface area contributed by atoms with Gasteiger partial charge in [0.2, 0.25) is 5.91 Å². The zero-order valence-corrected chi connectivity index (χ0v) is 9.89. The van der Waals surface area contributed by atoms with Gasteiger partial charge in [-0.1, -0.05) is 13.8 Å². The van der Waals surface area contributed by atoms with Crippen LogP contribution < -0.4 is 10.6 Å². The molecular weight excluding hydrogens is 190 g/mol. The molecule has 15 heavy (non-hydrogen) atoms. The van der Waals surface area contributed by atoms with Gasteiger partial charge in [-0.3, -0.25) is 4.79 Å². The van der Waals surface area contributed by atoms with E-state index in [1.165, 1.54) is 0 Å². The highest BCUT2D eigenvalue weighted by molar-refractivity contribution is 5.78. The maximum Gasteiger partial charge on any atom is 0.234 e. The number of nitriles is 1. The lowest BCUT2D eigenvalue weighted by Gasteiger charge is -2.27. The van der Waals surface area contributed by atoms with E-state index in [1.54, 1.807) is 0 Å². The van der Waals surface area contributed by atoms with E-state index in [0.717, 1.165) is 12.8 Å². The highest BCUT2D eigenvalue weighted by atomic mass is 16.1. The molecule has 0 saturated heterocycles. The Morgan fingerprint density at radius 3 is 2.47 bits per heavy atom. The third-order valence-corrected chi connectivity index (χ3v) is 2.80. The largest absolute Gasteiger partial charge is 0.354 e. The van der Waals surface area contributed by atoms with Crippen molar-refractivity contribution < 1.29 is 4.79 Å². The Bertz CT molecular complexity index is 228. The molecule has 0 unspecified atom stereocenters. The third-order valence-electron chi connectivity index (χ3n) is 2.80. The Labute approximate surface area is 92.0 Å². The number of nitrogens with zero attached hydrogens (tertiary/aromatic N) is 1. The number of carbonyl (C=O) groups excluding carboxylic acids is 1. The smallest absolute Gasteiger partial charge is 0.234 e. The molecule has 0 bridgehead atoms. The standard InChI is InChI=1S/C11H21N3O/c1-4-11(3,5-2)14-9-10(15)13-8-6-7-12/h14H,4-6,8-9H2,1-3H3,(H,13,15). The minimum atomic E-state index is -0.0432. The van der Waals surface area contributed by atoms with E-state index in [1.807, 2.05) is 6.07 Å². The molecule has 0 aromatic carbocycles. The predicted octanol–water partition coefficient (Wildman–Crippen LogP) is 1.18. The van der Waals surface area contributed by atoms with Gasteiger partial charge in [0.1, 0.15) is 0 Å². The van der Waals surface area contributed by atoms with E-state index in [0.29, 0.717) is 19.5 Å². The Hall–Kier alpha value is -1.08. The van der Waals surface area contributed by atoms with Crippen molar-refractivity contribution in [2.24, 2.45) is 0 Å². The van der Waals surface area contributed by atoms with E-state index in [9.17, 15) is 4.79 Å². The second-order valence-corrected chi connectivity index (χ2v) is 3.88. The van der Waals surface area contributed by atoms with Crippen LogP contribution in [0.3, 0.4) is 0 Å². The summed E-state index contributed by atoms with van der Waals surface area (Å²) in [5.41, 5.74) is 0.0343. The quantitative estimate of drug-likeness (QED) is 0.622. The molecule has 0 radical (unpaired) electrons. The first-order valence-corrected chi connectivity index (χ1v) is 5.46. The van der Waals surface area contributed by atoms with Crippen LogP contribution in [0.2, 0.25) is 0 Å². The monoisotopic (exact) mass is 211 g/mol. The molecule has 2 N–H and O–H groups in total. The molecule has 0 aliphatic rings. The van der Waals surface area contributed by atoms with Crippen molar-refractivity contribution in [1.82, 2.24) is 10.6 Å². The molecule has 0 aliphatic heterocycles. The lowest BCUT2D eigenvalue weighted by Crippen LogP contribution is -2.46. The Balaban J connectivity index is 3.75. The van der Waals surface area contributed by atoms with Crippen LogP contribution in [0, 0.1) is 11.3 Å². The van der Waals surface area contributed by atoms with E-state index in [4.69, 9.17) is 5.26 Å². The second kappa shape index (κ2) is 7.24. The first-order valence-electron chi connectivity index (χ1n) is 5.46. The predicted molar refractivity (Wildman–Crippen MR) is 60.2 cm³/mol. The van der Waals surface area contributed by atoms with Crippen molar-refractivity contribution in [1.29, 1.82) is 5.26 Å². The molecule has 86 valence electrons. The summed E-state index contributed by atoms with van der Waals surface area (Å²) in [6.07, 6.45) is 2.36. The maximum atomic E-state index is 11.3. The van der Waals surface area contributed by atoms with Crippen LogP contribution >= 0.6 is 0 Å². The minimum Gasteiger partial charge on any atom is -0.354 e. The van der Waals surface area contributed by atoms with Crippen LogP contribution in [0.1, 0.15) is 40.0 Å². The summed E-state index contributed by atoms with van der Waals surface area (Å²) in [6.45, 7) is 7.07. The highest BCUT2D eigenvalue weighted by Crippen LogP contribution is 2.12. The molecule has 0 spiro atoms. The number of hydrogen-bond donors (Lipinski definition) is 2. The Kier molecular flexibility index (Phi) is 6.72. The maximum absolute atomic E-state index is 11.3. The van der Waals surface area contributed by atoms with Crippen LogP contribution in [0.5, 0.6) is 0 Å². The summed E-state index contributed by atoms with van der Waals surface area (Å²) in [4.78, 5) is 11.3. The normalized spacial score (nSPS) is 10.8. The molecule has 0 saturated carbocycles. The lowest BCUT2D eigenvalue weighted by molar-refractivity contribution is -0.120. The van der Waals surface area contributed by atoms with Gasteiger partial charge in [0.15, 0.2) is 0 Å². The van der Waals surface area contributed by atoms with Gasteiger partial charge in [-0.25, -0.2) is 0 Å². The van der Waals surface area contributed by atoms with Crippen molar-refractivity contribution in [3.8, 4) is 6.07 Å². The third kappa shape index (κ3) is 6.08. The molecule has 1 amide bonds. The molecule has 0 atom stereocenters. The van der Waals surface area contributed by atoms with Gasteiger partial charge in [-0.15, -0.1) is 0 Å². The summed E-state index contributed by atoms with van der Waals surface area (Å²) in [7, 11) is 0. The van der Waals surface area contributed by atoms with Gasteiger partial charge in [-0.05, 0) is 19.8 Å². The van der Waals surface area contributed by atoms with Crippen molar-refractivity contribution in [2.45, 2.75) is 45.6 Å². The molecule has 0 heterocycles. The van der Waals surface area contributed by atoms with Gasteiger partial charge in [0, 0.05) is 12.1 Å². The summed E-state index contributed by atoms with van der Waals surface area (Å²) in [6, 6.07) is 1.98. The topological polar surface area (TPSA) is 64.9 Å². The van der Waals surface area contributed by atoms with Gasteiger partial charge < -0.3 is 10.6 Å². The Morgan fingerprint density at radius 2 is 2.00 bits per heavy atom. The molecular formula is C11H21N3O. The van der Waals surface area contributed by atoms with E-state index in [2.05, 4.69) is 31.4 Å². The molecule has 0 aromatic rings. The molecule has 0 aromatic heterocycles. The van der Waals surface area contributed by atoms with Crippen molar-refractivity contribution in [3.05, 3.63) is 0 Å². The number of nitrogens with one attached hydrogen (secondary N) is 2.